The fourth-order valence-corrected chi connectivity index (χ4v) is 2.86. The number of benzene rings is 1. The van der Waals surface area contributed by atoms with Crippen LogP contribution in [0.5, 0.6) is 5.75 Å². The molecule has 1 N–H and O–H groups in total. The van der Waals surface area contributed by atoms with Gasteiger partial charge in [-0.3, -0.25) is 14.8 Å². The molecule has 1 aromatic rings. The molecule has 9 heteroatoms. The van der Waals surface area contributed by atoms with Crippen LogP contribution >= 0.6 is 0 Å². The Kier molecular flexibility index (Phi) is 4.87. The van der Waals surface area contributed by atoms with Crippen LogP contribution in [0.4, 0.5) is 11.4 Å². The number of hydrogen-bond donors (Lipinski definition) is 1. The van der Waals surface area contributed by atoms with Gasteiger partial charge in [-0.25, -0.2) is 8.42 Å². The lowest BCUT2D eigenvalue weighted by atomic mass is 10.1. The summed E-state index contributed by atoms with van der Waals surface area (Å²) in [6.07, 6.45) is 2.52. The number of ether oxygens (including phenoxy) is 1. The van der Waals surface area contributed by atoms with Crippen LogP contribution in [0, 0.1) is 10.1 Å². The third kappa shape index (κ3) is 4.57. The smallest absolute Gasteiger partial charge is 0.273 e. The number of anilines is 1. The maximum Gasteiger partial charge on any atom is 0.273 e. The second kappa shape index (κ2) is 6.49. The molecule has 1 aromatic carbocycles. The summed E-state index contributed by atoms with van der Waals surface area (Å²) in [5.41, 5.74) is 0.0778. The maximum atomic E-state index is 11.4. The van der Waals surface area contributed by atoms with Crippen LogP contribution < -0.4 is 9.46 Å². The molecule has 1 aliphatic heterocycles. The van der Waals surface area contributed by atoms with E-state index in [-0.39, 0.29) is 23.2 Å². The van der Waals surface area contributed by atoms with Gasteiger partial charge >= 0.3 is 0 Å². The number of rotatable bonds is 5. The van der Waals surface area contributed by atoms with Crippen LogP contribution in [0.1, 0.15) is 12.8 Å². The number of nitro groups is 1. The van der Waals surface area contributed by atoms with Crippen molar-refractivity contribution < 1.29 is 18.1 Å². The van der Waals surface area contributed by atoms with E-state index in [9.17, 15) is 18.5 Å². The molecule has 0 radical (unpaired) electrons. The van der Waals surface area contributed by atoms with E-state index in [4.69, 9.17) is 4.74 Å². The average molecular weight is 329 g/mol. The van der Waals surface area contributed by atoms with Crippen LogP contribution in [-0.2, 0) is 10.0 Å². The normalized spacial score (nSPS) is 17.2. The Morgan fingerprint density at radius 1 is 1.36 bits per heavy atom. The summed E-state index contributed by atoms with van der Waals surface area (Å²) in [6.45, 7) is 1.74. The van der Waals surface area contributed by atoms with E-state index < -0.39 is 14.9 Å². The molecule has 1 aliphatic rings. The van der Waals surface area contributed by atoms with Crippen molar-refractivity contribution in [1.82, 2.24) is 4.90 Å². The van der Waals surface area contributed by atoms with Crippen molar-refractivity contribution in [2.75, 3.05) is 31.1 Å². The second-order valence-electron chi connectivity index (χ2n) is 5.43. The molecular weight excluding hydrogens is 310 g/mol. The number of non-ortho nitro benzene ring substituents is 1. The largest absolute Gasteiger partial charge is 0.488 e. The van der Waals surface area contributed by atoms with Crippen molar-refractivity contribution >= 4 is 21.4 Å². The van der Waals surface area contributed by atoms with Gasteiger partial charge < -0.3 is 9.64 Å². The van der Waals surface area contributed by atoms with Crippen LogP contribution in [0.15, 0.2) is 18.2 Å². The van der Waals surface area contributed by atoms with Crippen molar-refractivity contribution in [3.8, 4) is 5.75 Å². The van der Waals surface area contributed by atoms with Gasteiger partial charge in [-0.15, -0.1) is 0 Å². The molecule has 0 bridgehead atoms. The van der Waals surface area contributed by atoms with Gasteiger partial charge in [-0.2, -0.15) is 0 Å². The van der Waals surface area contributed by atoms with Gasteiger partial charge in [0, 0.05) is 19.2 Å². The molecule has 22 heavy (non-hydrogen) atoms. The summed E-state index contributed by atoms with van der Waals surface area (Å²) in [5.74, 6) is 0.189. The third-order valence-electron chi connectivity index (χ3n) is 3.43. The molecule has 0 unspecified atom stereocenters. The third-order valence-corrected chi connectivity index (χ3v) is 4.02. The lowest BCUT2D eigenvalue weighted by Crippen LogP contribution is -2.35. The number of sulfonamides is 1. The summed E-state index contributed by atoms with van der Waals surface area (Å²) in [7, 11) is -1.48. The first-order valence-corrected chi connectivity index (χ1v) is 8.75. The van der Waals surface area contributed by atoms with Gasteiger partial charge in [-0.05, 0) is 26.0 Å². The Hall–Kier alpha value is -1.87. The van der Waals surface area contributed by atoms with Crippen molar-refractivity contribution in [3.63, 3.8) is 0 Å². The Labute approximate surface area is 129 Å². The molecule has 0 aromatic heterocycles. The number of nitro benzene ring substituents is 1. The maximum absolute atomic E-state index is 11.4. The van der Waals surface area contributed by atoms with Crippen LogP contribution in [0.2, 0.25) is 0 Å². The standard InChI is InChI=1S/C13H19N3O5S/c1-15-7-5-11(6-8-15)21-13-9-10(16(17)18)3-4-12(13)14-22(2,19)20/h3-4,9,11,14H,5-8H2,1-2H3. The van der Waals surface area contributed by atoms with Gasteiger partial charge in [0.2, 0.25) is 10.0 Å². The molecule has 0 spiro atoms. The summed E-state index contributed by atoms with van der Waals surface area (Å²) in [4.78, 5) is 12.5. The number of nitrogens with zero attached hydrogens (tertiary/aromatic N) is 2. The molecule has 1 saturated heterocycles. The van der Waals surface area contributed by atoms with E-state index in [1.807, 2.05) is 7.05 Å². The first-order valence-electron chi connectivity index (χ1n) is 6.86. The second-order valence-corrected chi connectivity index (χ2v) is 7.18. The van der Waals surface area contributed by atoms with E-state index >= 15 is 0 Å². The molecule has 1 heterocycles. The molecule has 1 fully saturated rings. The topological polar surface area (TPSA) is 102 Å². The molecule has 2 rings (SSSR count). The zero-order valence-corrected chi connectivity index (χ0v) is 13.3. The fraction of sp³-hybridized carbons (Fsp3) is 0.538. The highest BCUT2D eigenvalue weighted by Crippen LogP contribution is 2.32. The molecule has 8 nitrogen and oxygen atoms in total. The first-order chi connectivity index (χ1) is 10.2. The quantitative estimate of drug-likeness (QED) is 0.648. The van der Waals surface area contributed by atoms with E-state index in [1.165, 1.54) is 18.2 Å². The van der Waals surface area contributed by atoms with Gasteiger partial charge in [0.05, 0.1) is 22.9 Å². The van der Waals surface area contributed by atoms with Gasteiger partial charge in [0.15, 0.2) is 5.75 Å². The molecule has 0 amide bonds. The first kappa shape index (κ1) is 16.5. The van der Waals surface area contributed by atoms with Crippen LogP contribution in [0.3, 0.4) is 0 Å². The number of likely N-dealkylation sites (tertiary alicyclic amines) is 1. The predicted molar refractivity (Wildman–Crippen MR) is 82.7 cm³/mol. The Balaban J connectivity index is 2.24. The monoisotopic (exact) mass is 329 g/mol. The van der Waals surface area contributed by atoms with Crippen molar-refractivity contribution in [2.24, 2.45) is 0 Å². The molecule has 0 saturated carbocycles. The number of hydrogen-bond acceptors (Lipinski definition) is 6. The zero-order valence-electron chi connectivity index (χ0n) is 12.5. The lowest BCUT2D eigenvalue weighted by molar-refractivity contribution is -0.384. The van der Waals surface area contributed by atoms with E-state index in [0.717, 1.165) is 32.2 Å². The number of piperidine rings is 1. The number of nitrogens with one attached hydrogen (secondary N) is 1. The Morgan fingerprint density at radius 3 is 2.55 bits per heavy atom. The van der Waals surface area contributed by atoms with E-state index in [0.29, 0.717) is 0 Å². The fourth-order valence-electron chi connectivity index (χ4n) is 2.29. The SMILES string of the molecule is CN1CCC(Oc2cc([N+](=O)[O-])ccc2NS(C)(=O)=O)CC1. The van der Waals surface area contributed by atoms with Crippen LogP contribution in [-0.4, -0.2) is 50.7 Å². The average Bonchev–Trinajstić information content (AvgIpc) is 2.41. The Bertz CT molecular complexity index is 654. The summed E-state index contributed by atoms with van der Waals surface area (Å²) in [5, 5.41) is 10.9. The predicted octanol–water partition coefficient (Wildman–Crippen LogP) is 1.44. The highest BCUT2D eigenvalue weighted by atomic mass is 32.2. The molecule has 0 atom stereocenters. The molecule has 0 aliphatic carbocycles. The highest BCUT2D eigenvalue weighted by Gasteiger charge is 2.21. The lowest BCUT2D eigenvalue weighted by Gasteiger charge is -2.29. The molecular formula is C13H19N3O5S. The minimum Gasteiger partial charge on any atom is -0.488 e. The highest BCUT2D eigenvalue weighted by molar-refractivity contribution is 7.92. The molecule has 122 valence electrons. The summed E-state index contributed by atoms with van der Waals surface area (Å²) >= 11 is 0. The summed E-state index contributed by atoms with van der Waals surface area (Å²) in [6, 6.07) is 3.85. The zero-order chi connectivity index (χ0) is 16.3. The minimum atomic E-state index is -3.49. The minimum absolute atomic E-state index is 0.0849. The van der Waals surface area contributed by atoms with Crippen LogP contribution in [0.25, 0.3) is 0 Å². The van der Waals surface area contributed by atoms with Gasteiger partial charge in [-0.1, -0.05) is 0 Å². The summed E-state index contributed by atoms with van der Waals surface area (Å²) < 4.78 is 30.9. The van der Waals surface area contributed by atoms with E-state index in [2.05, 4.69) is 9.62 Å². The van der Waals surface area contributed by atoms with Gasteiger partial charge in [0.1, 0.15) is 6.10 Å². The van der Waals surface area contributed by atoms with Crippen molar-refractivity contribution in [1.29, 1.82) is 0 Å². The Morgan fingerprint density at radius 2 is 2.00 bits per heavy atom. The van der Waals surface area contributed by atoms with Gasteiger partial charge in [0.25, 0.3) is 5.69 Å². The van der Waals surface area contributed by atoms with Crippen molar-refractivity contribution in [2.45, 2.75) is 18.9 Å². The van der Waals surface area contributed by atoms with Crippen molar-refractivity contribution in [3.05, 3.63) is 28.3 Å². The van der Waals surface area contributed by atoms with E-state index in [1.54, 1.807) is 0 Å².